The van der Waals surface area contributed by atoms with E-state index in [0.717, 1.165) is 52.6 Å². The topological polar surface area (TPSA) is 201 Å². The number of methoxy groups -OCH3 is 2. The molecule has 3 heterocycles. The zero-order chi connectivity index (χ0) is 39.7. The molecule has 3 aromatic rings. The summed E-state index contributed by atoms with van der Waals surface area (Å²) in [6.45, 7) is 4.01. The summed E-state index contributed by atoms with van der Waals surface area (Å²) >= 11 is 2.55. The highest BCUT2D eigenvalue weighted by Crippen LogP contribution is 2.41. The third-order valence-corrected chi connectivity index (χ3v) is 12.2. The number of hydrogen-bond donors (Lipinski definition) is 2. The molecule has 17 heteroatoms. The minimum Gasteiger partial charge on any atom is -0.465 e. The molecule has 0 bridgehead atoms. The van der Waals surface area contributed by atoms with E-state index in [1.807, 2.05) is 0 Å². The van der Waals surface area contributed by atoms with Crippen molar-refractivity contribution in [2.45, 2.75) is 65.3 Å². The summed E-state index contributed by atoms with van der Waals surface area (Å²) < 4.78 is 20.2. The number of fused-ring (bicyclic) bond motifs is 3. The fourth-order valence-electron chi connectivity index (χ4n) is 6.95. The average Bonchev–Trinajstić information content (AvgIpc) is 3.78. The second kappa shape index (κ2) is 16.1. The van der Waals surface area contributed by atoms with E-state index in [9.17, 15) is 38.4 Å². The SMILES string of the molecule is COC(=O)c1c(NC(=O)COC(=O)c2ccc3c(c2)C(=O)N(C(C)C(=O)OCC(=O)Nc2sc4c(c2C(=O)OC)CCC(C)C4)C3=O)sc2c1CCC(C)C2. The van der Waals surface area contributed by atoms with Crippen molar-refractivity contribution in [2.24, 2.45) is 11.8 Å². The summed E-state index contributed by atoms with van der Waals surface area (Å²) in [6.07, 6.45) is 4.64. The second-order valence-corrected chi connectivity index (χ2v) is 16.0. The van der Waals surface area contributed by atoms with Crippen LogP contribution in [0.5, 0.6) is 0 Å². The standard InChI is InChI=1S/C38H39N3O12S2/c1-17-6-9-22-25(12-17)54-31(29(22)37(48)50-4)39-27(42)15-52-35(46)19(3)41-33(44)21-11-8-20(14-24(21)34(41)45)36(47)53-16-28(43)40-32-30(38(49)51-5)23-10-7-18(2)13-26(23)55-32/h8,11,14,17-19H,6-7,9-10,12-13,15-16H2,1-5H3,(H,39,42)(H,40,43). The molecule has 3 atom stereocenters. The van der Waals surface area contributed by atoms with Crippen LogP contribution < -0.4 is 10.6 Å². The molecular formula is C38H39N3O12S2. The van der Waals surface area contributed by atoms with Crippen LogP contribution in [0.1, 0.15) is 106 Å². The minimum atomic E-state index is -1.44. The van der Waals surface area contributed by atoms with Gasteiger partial charge in [-0.15, -0.1) is 22.7 Å². The van der Waals surface area contributed by atoms with E-state index in [1.54, 1.807) is 0 Å². The van der Waals surface area contributed by atoms with Crippen LogP contribution in [0.2, 0.25) is 0 Å². The Hall–Kier alpha value is -5.42. The van der Waals surface area contributed by atoms with Gasteiger partial charge in [0.15, 0.2) is 13.2 Å². The van der Waals surface area contributed by atoms with Gasteiger partial charge in [-0.05, 0) is 86.6 Å². The molecule has 0 saturated heterocycles. The number of rotatable bonds is 11. The van der Waals surface area contributed by atoms with Crippen LogP contribution in [0.4, 0.5) is 10.0 Å². The Morgan fingerprint density at radius 1 is 0.745 bits per heavy atom. The summed E-state index contributed by atoms with van der Waals surface area (Å²) in [4.78, 5) is 106. The summed E-state index contributed by atoms with van der Waals surface area (Å²) in [6, 6.07) is 2.17. The summed E-state index contributed by atoms with van der Waals surface area (Å²) in [5.41, 5.74) is 1.87. The molecule has 2 aliphatic carbocycles. The number of imide groups is 1. The number of amides is 4. The quantitative estimate of drug-likeness (QED) is 0.156. The third-order valence-electron chi connectivity index (χ3n) is 9.87. The number of thiophene rings is 2. The van der Waals surface area contributed by atoms with Crippen molar-refractivity contribution in [3.05, 3.63) is 66.9 Å². The van der Waals surface area contributed by atoms with E-state index in [-0.39, 0.29) is 22.3 Å². The van der Waals surface area contributed by atoms with Crippen molar-refractivity contribution < 1.29 is 57.3 Å². The molecule has 2 N–H and O–H groups in total. The summed E-state index contributed by atoms with van der Waals surface area (Å²) in [5, 5.41) is 5.88. The van der Waals surface area contributed by atoms with Gasteiger partial charge in [0.2, 0.25) is 0 Å². The van der Waals surface area contributed by atoms with Gasteiger partial charge < -0.3 is 29.6 Å². The Morgan fingerprint density at radius 2 is 1.24 bits per heavy atom. The van der Waals surface area contributed by atoms with Gasteiger partial charge in [-0.2, -0.15) is 0 Å². The number of ether oxygens (including phenoxy) is 4. The molecule has 3 unspecified atom stereocenters. The summed E-state index contributed by atoms with van der Waals surface area (Å²) in [7, 11) is 2.51. The Kier molecular flexibility index (Phi) is 11.5. The van der Waals surface area contributed by atoms with Crippen LogP contribution >= 0.6 is 22.7 Å². The second-order valence-electron chi connectivity index (χ2n) is 13.8. The number of anilines is 2. The number of nitrogens with zero attached hydrogens (tertiary/aromatic N) is 1. The Morgan fingerprint density at radius 3 is 1.75 bits per heavy atom. The maximum Gasteiger partial charge on any atom is 0.341 e. The van der Waals surface area contributed by atoms with Crippen LogP contribution in [-0.4, -0.2) is 85.9 Å². The number of carbonyl (C=O) groups excluding carboxylic acids is 8. The predicted molar refractivity (Wildman–Crippen MR) is 199 cm³/mol. The lowest BCUT2D eigenvalue weighted by molar-refractivity contribution is -0.150. The van der Waals surface area contributed by atoms with Crippen molar-refractivity contribution in [3.63, 3.8) is 0 Å². The van der Waals surface area contributed by atoms with Crippen LogP contribution in [0, 0.1) is 11.8 Å². The van der Waals surface area contributed by atoms with Gasteiger partial charge in [0.1, 0.15) is 16.0 Å². The first-order valence-electron chi connectivity index (χ1n) is 17.6. The fraction of sp³-hybridized carbons (Fsp3) is 0.421. The smallest absolute Gasteiger partial charge is 0.341 e. The zero-order valence-corrected chi connectivity index (χ0v) is 32.4. The molecule has 3 aliphatic rings. The molecule has 290 valence electrons. The Bertz CT molecular complexity index is 2140. The van der Waals surface area contributed by atoms with Crippen molar-refractivity contribution in [1.29, 1.82) is 0 Å². The zero-order valence-electron chi connectivity index (χ0n) is 30.8. The minimum absolute atomic E-state index is 0.0747. The number of carbonyl (C=O) groups is 8. The monoisotopic (exact) mass is 793 g/mol. The largest absolute Gasteiger partial charge is 0.465 e. The van der Waals surface area contributed by atoms with Crippen LogP contribution in [0.15, 0.2) is 18.2 Å². The highest BCUT2D eigenvalue weighted by molar-refractivity contribution is 7.17. The van der Waals surface area contributed by atoms with Crippen molar-refractivity contribution in [3.8, 4) is 0 Å². The maximum atomic E-state index is 13.4. The molecule has 0 radical (unpaired) electrons. The average molecular weight is 794 g/mol. The lowest BCUT2D eigenvalue weighted by Crippen LogP contribution is -2.44. The molecule has 0 spiro atoms. The Balaban J connectivity index is 1.05. The molecule has 1 aliphatic heterocycles. The van der Waals surface area contributed by atoms with Gasteiger partial charge >= 0.3 is 23.9 Å². The van der Waals surface area contributed by atoms with Gasteiger partial charge in [-0.3, -0.25) is 24.1 Å². The van der Waals surface area contributed by atoms with Crippen LogP contribution in [-0.2, 0) is 59.0 Å². The molecule has 2 aromatic heterocycles. The number of benzene rings is 1. The maximum absolute atomic E-state index is 13.4. The lowest BCUT2D eigenvalue weighted by atomic mass is 9.88. The number of esters is 4. The highest BCUT2D eigenvalue weighted by Gasteiger charge is 2.42. The highest BCUT2D eigenvalue weighted by atomic mass is 32.1. The van der Waals surface area contributed by atoms with E-state index >= 15 is 0 Å². The summed E-state index contributed by atoms with van der Waals surface area (Å²) in [5.74, 6) is -5.44. The van der Waals surface area contributed by atoms with E-state index in [0.29, 0.717) is 45.1 Å². The molecule has 0 fully saturated rings. The molecule has 55 heavy (non-hydrogen) atoms. The van der Waals surface area contributed by atoms with E-state index in [1.165, 1.54) is 55.9 Å². The molecule has 0 saturated carbocycles. The lowest BCUT2D eigenvalue weighted by Gasteiger charge is -2.20. The number of nitrogens with one attached hydrogen (secondary N) is 2. The molecule has 15 nitrogen and oxygen atoms in total. The first-order valence-corrected chi connectivity index (χ1v) is 19.3. The molecular weight excluding hydrogens is 755 g/mol. The van der Waals surface area contributed by atoms with Crippen LogP contribution in [0.3, 0.4) is 0 Å². The fourth-order valence-corrected chi connectivity index (χ4v) is 9.78. The van der Waals surface area contributed by atoms with Crippen molar-refractivity contribution in [1.82, 2.24) is 4.90 Å². The van der Waals surface area contributed by atoms with Gasteiger partial charge in [0.05, 0.1) is 42.0 Å². The van der Waals surface area contributed by atoms with Gasteiger partial charge in [-0.25, -0.2) is 19.2 Å². The first kappa shape index (κ1) is 39.3. The van der Waals surface area contributed by atoms with Gasteiger partial charge in [0.25, 0.3) is 23.6 Å². The predicted octanol–water partition coefficient (Wildman–Crippen LogP) is 4.59. The third kappa shape index (κ3) is 7.89. The first-order chi connectivity index (χ1) is 26.2. The van der Waals surface area contributed by atoms with Gasteiger partial charge in [-0.1, -0.05) is 13.8 Å². The van der Waals surface area contributed by atoms with Crippen LogP contribution in [0.25, 0.3) is 0 Å². The normalized spacial score (nSPS) is 17.7. The molecule has 1 aromatic carbocycles. The van der Waals surface area contributed by atoms with E-state index in [2.05, 4.69) is 24.5 Å². The van der Waals surface area contributed by atoms with Crippen molar-refractivity contribution in [2.75, 3.05) is 38.1 Å². The molecule has 4 amide bonds. The van der Waals surface area contributed by atoms with Crippen molar-refractivity contribution >= 4 is 80.2 Å². The van der Waals surface area contributed by atoms with Gasteiger partial charge in [0, 0.05) is 9.75 Å². The van der Waals surface area contributed by atoms with E-state index < -0.39 is 66.8 Å². The molecule has 6 rings (SSSR count). The Labute approximate surface area is 323 Å². The van der Waals surface area contributed by atoms with E-state index in [4.69, 9.17) is 18.9 Å². The number of hydrogen-bond acceptors (Lipinski definition) is 14.